The van der Waals surface area contributed by atoms with Gasteiger partial charge >= 0.3 is 0 Å². The molecule has 0 saturated heterocycles. The fourth-order valence-electron chi connectivity index (χ4n) is 2.53. The zero-order valence-corrected chi connectivity index (χ0v) is 14.9. The average Bonchev–Trinajstić information content (AvgIpc) is 3.17. The van der Waals surface area contributed by atoms with E-state index in [4.69, 9.17) is 14.2 Å². The Morgan fingerprint density at radius 2 is 1.81 bits per heavy atom. The predicted molar refractivity (Wildman–Crippen MR) is 98.6 cm³/mol. The minimum Gasteiger partial charge on any atom is -0.454 e. The molecule has 7 heteroatoms. The summed E-state index contributed by atoms with van der Waals surface area (Å²) in [6.45, 7) is 1.67. The first kappa shape index (κ1) is 18.7. The van der Waals surface area contributed by atoms with Gasteiger partial charge in [-0.3, -0.25) is 9.59 Å². The van der Waals surface area contributed by atoms with Crippen LogP contribution >= 0.6 is 0 Å². The highest BCUT2D eigenvalue weighted by Crippen LogP contribution is 2.32. The minimum absolute atomic E-state index is 0.0852. The fraction of sp³-hybridized carbons (Fsp3) is 0.300. The summed E-state index contributed by atoms with van der Waals surface area (Å²) in [6, 6.07) is 14.8. The molecule has 0 atom stereocenters. The van der Waals surface area contributed by atoms with Gasteiger partial charge in [0.15, 0.2) is 11.5 Å². The molecule has 2 N–H and O–H groups in total. The van der Waals surface area contributed by atoms with Crippen LogP contribution in [-0.2, 0) is 16.1 Å². The van der Waals surface area contributed by atoms with E-state index in [-0.39, 0.29) is 25.2 Å². The van der Waals surface area contributed by atoms with E-state index >= 15 is 0 Å². The van der Waals surface area contributed by atoms with Gasteiger partial charge in [-0.1, -0.05) is 30.3 Å². The molecule has 0 saturated carbocycles. The first-order valence-electron chi connectivity index (χ1n) is 8.78. The molecule has 2 aromatic carbocycles. The lowest BCUT2D eigenvalue weighted by atomic mass is 10.2. The molecule has 0 radical (unpaired) electrons. The molecular weight excluding hydrogens is 348 g/mol. The highest BCUT2D eigenvalue weighted by atomic mass is 16.7. The van der Waals surface area contributed by atoms with E-state index in [0.29, 0.717) is 43.2 Å². The van der Waals surface area contributed by atoms with Gasteiger partial charge in [0.05, 0.1) is 13.2 Å². The van der Waals surface area contributed by atoms with Crippen molar-refractivity contribution in [3.63, 3.8) is 0 Å². The predicted octanol–water partition coefficient (Wildman–Crippen LogP) is 1.87. The Balaban J connectivity index is 1.27. The Bertz CT molecular complexity index is 779. The van der Waals surface area contributed by atoms with Gasteiger partial charge < -0.3 is 24.8 Å². The summed E-state index contributed by atoms with van der Waals surface area (Å²) in [4.78, 5) is 23.9. The van der Waals surface area contributed by atoms with Crippen molar-refractivity contribution in [2.75, 3.05) is 26.5 Å². The van der Waals surface area contributed by atoms with E-state index in [1.54, 1.807) is 18.2 Å². The van der Waals surface area contributed by atoms with Gasteiger partial charge in [0.1, 0.15) is 0 Å². The van der Waals surface area contributed by atoms with Gasteiger partial charge in [-0.05, 0) is 30.2 Å². The molecule has 2 aromatic rings. The van der Waals surface area contributed by atoms with Crippen LogP contribution in [-0.4, -0.2) is 38.3 Å². The van der Waals surface area contributed by atoms with Gasteiger partial charge in [-0.2, -0.15) is 0 Å². The lowest BCUT2D eigenvalue weighted by Crippen LogP contribution is -2.37. The van der Waals surface area contributed by atoms with Crippen LogP contribution in [0.2, 0.25) is 0 Å². The summed E-state index contributed by atoms with van der Waals surface area (Å²) in [7, 11) is 0. The van der Waals surface area contributed by atoms with Crippen molar-refractivity contribution in [3.8, 4) is 11.5 Å². The number of benzene rings is 2. The van der Waals surface area contributed by atoms with E-state index in [9.17, 15) is 9.59 Å². The second kappa shape index (κ2) is 9.59. The number of ether oxygens (including phenoxy) is 3. The van der Waals surface area contributed by atoms with Crippen molar-refractivity contribution in [1.82, 2.24) is 10.6 Å². The first-order chi connectivity index (χ1) is 13.2. The van der Waals surface area contributed by atoms with Crippen LogP contribution in [0.5, 0.6) is 11.5 Å². The van der Waals surface area contributed by atoms with Crippen LogP contribution in [0.1, 0.15) is 22.3 Å². The first-order valence-corrected chi connectivity index (χ1v) is 8.78. The zero-order valence-electron chi connectivity index (χ0n) is 14.9. The molecule has 142 valence electrons. The van der Waals surface area contributed by atoms with Gasteiger partial charge in [0.25, 0.3) is 5.91 Å². The number of nitrogens with one attached hydrogen (secondary N) is 2. The molecule has 0 aliphatic carbocycles. The third-order valence-electron chi connectivity index (χ3n) is 3.94. The largest absolute Gasteiger partial charge is 0.454 e. The Kier molecular flexibility index (Phi) is 6.65. The number of rotatable bonds is 9. The fourth-order valence-corrected chi connectivity index (χ4v) is 2.53. The number of hydrogen-bond acceptors (Lipinski definition) is 5. The van der Waals surface area contributed by atoms with Crippen LogP contribution in [0, 0.1) is 0 Å². The Morgan fingerprint density at radius 3 is 2.67 bits per heavy atom. The normalized spacial score (nSPS) is 11.9. The maximum Gasteiger partial charge on any atom is 0.251 e. The summed E-state index contributed by atoms with van der Waals surface area (Å²) >= 11 is 0. The lowest BCUT2D eigenvalue weighted by Gasteiger charge is -2.08. The maximum absolute atomic E-state index is 12.1. The maximum atomic E-state index is 12.1. The second-order valence-corrected chi connectivity index (χ2v) is 5.99. The van der Waals surface area contributed by atoms with Crippen LogP contribution in [0.15, 0.2) is 48.5 Å². The lowest BCUT2D eigenvalue weighted by molar-refractivity contribution is -0.120. The quantitative estimate of drug-likeness (QED) is 0.658. The average molecular weight is 370 g/mol. The van der Waals surface area contributed by atoms with E-state index in [1.165, 1.54) is 0 Å². The van der Waals surface area contributed by atoms with E-state index in [1.807, 2.05) is 30.3 Å². The van der Waals surface area contributed by atoms with Crippen LogP contribution in [0.25, 0.3) is 0 Å². The summed E-state index contributed by atoms with van der Waals surface area (Å²) in [5, 5.41) is 5.34. The minimum atomic E-state index is -0.338. The number of fused-ring (bicyclic) bond motifs is 1. The molecule has 1 heterocycles. The van der Waals surface area contributed by atoms with Crippen LogP contribution in [0.3, 0.4) is 0 Å². The number of carbonyl (C=O) groups excluding carboxylic acids is 2. The molecule has 0 spiro atoms. The summed E-state index contributed by atoms with van der Waals surface area (Å²) < 4.78 is 16.0. The Morgan fingerprint density at radius 1 is 1.00 bits per heavy atom. The van der Waals surface area contributed by atoms with Crippen molar-refractivity contribution in [1.29, 1.82) is 0 Å². The topological polar surface area (TPSA) is 85.9 Å². The smallest absolute Gasteiger partial charge is 0.251 e. The van der Waals surface area contributed by atoms with Gasteiger partial charge in [-0.15, -0.1) is 0 Å². The molecule has 0 fully saturated rings. The standard InChI is InChI=1S/C20H22N2O5/c23-19(21-9-4-10-25-13-15-5-2-1-3-6-15)12-22-20(24)16-7-8-17-18(11-16)27-14-26-17/h1-3,5-8,11H,4,9-10,12-14H2,(H,21,23)(H,22,24). The Labute approximate surface area is 157 Å². The number of hydrogen-bond donors (Lipinski definition) is 2. The number of carbonyl (C=O) groups is 2. The molecule has 0 bridgehead atoms. The highest BCUT2D eigenvalue weighted by molar-refractivity contribution is 5.97. The third kappa shape index (κ3) is 5.72. The monoisotopic (exact) mass is 370 g/mol. The molecule has 27 heavy (non-hydrogen) atoms. The van der Waals surface area contributed by atoms with Crippen molar-refractivity contribution in [3.05, 3.63) is 59.7 Å². The highest BCUT2D eigenvalue weighted by Gasteiger charge is 2.16. The van der Waals surface area contributed by atoms with E-state index in [0.717, 1.165) is 5.56 Å². The van der Waals surface area contributed by atoms with Gasteiger partial charge in [-0.25, -0.2) is 0 Å². The molecule has 2 amide bonds. The molecule has 1 aliphatic heterocycles. The van der Waals surface area contributed by atoms with Gasteiger partial charge in [0, 0.05) is 18.7 Å². The van der Waals surface area contributed by atoms with Crippen LogP contribution < -0.4 is 20.1 Å². The second-order valence-electron chi connectivity index (χ2n) is 5.99. The molecule has 0 aromatic heterocycles. The Hall–Kier alpha value is -3.06. The van der Waals surface area contributed by atoms with E-state index in [2.05, 4.69) is 10.6 Å². The SMILES string of the molecule is O=C(CNC(=O)c1ccc2c(c1)OCO2)NCCCOCc1ccccc1. The molecule has 7 nitrogen and oxygen atoms in total. The van der Waals surface area contributed by atoms with Crippen molar-refractivity contribution in [2.45, 2.75) is 13.0 Å². The summed E-state index contributed by atoms with van der Waals surface area (Å²) in [5.41, 5.74) is 1.54. The zero-order chi connectivity index (χ0) is 18.9. The summed E-state index contributed by atoms with van der Waals surface area (Å²) in [6.07, 6.45) is 0.703. The molecular formula is C20H22N2O5. The van der Waals surface area contributed by atoms with Crippen LogP contribution in [0.4, 0.5) is 0 Å². The summed E-state index contributed by atoms with van der Waals surface area (Å²) in [5.74, 6) is 0.558. The van der Waals surface area contributed by atoms with Crippen molar-refractivity contribution < 1.29 is 23.8 Å². The van der Waals surface area contributed by atoms with Crippen molar-refractivity contribution >= 4 is 11.8 Å². The third-order valence-corrected chi connectivity index (χ3v) is 3.94. The van der Waals surface area contributed by atoms with E-state index < -0.39 is 0 Å². The number of amides is 2. The molecule has 3 rings (SSSR count). The molecule has 0 unspecified atom stereocenters. The molecule has 1 aliphatic rings. The van der Waals surface area contributed by atoms with Crippen molar-refractivity contribution in [2.24, 2.45) is 0 Å². The van der Waals surface area contributed by atoms with Gasteiger partial charge in [0.2, 0.25) is 12.7 Å².